The van der Waals surface area contributed by atoms with Gasteiger partial charge < -0.3 is 9.64 Å². The fourth-order valence-electron chi connectivity index (χ4n) is 4.34. The van der Waals surface area contributed by atoms with E-state index in [2.05, 4.69) is 5.10 Å². The minimum atomic E-state index is -2.95. The number of para-hydroxylation sites is 1. The van der Waals surface area contributed by atoms with Crippen LogP contribution in [0, 0.1) is 0 Å². The van der Waals surface area contributed by atoms with E-state index in [1.165, 1.54) is 6.07 Å². The van der Waals surface area contributed by atoms with Crippen molar-refractivity contribution < 1.29 is 18.3 Å². The molecule has 0 saturated heterocycles. The molecule has 5 rings (SSSR count). The Kier molecular flexibility index (Phi) is 4.87. The van der Waals surface area contributed by atoms with E-state index in [-0.39, 0.29) is 17.7 Å². The Bertz CT molecular complexity index is 1150. The summed E-state index contributed by atoms with van der Waals surface area (Å²) in [5.41, 5.74) is 3.37. The zero-order valence-electron chi connectivity index (χ0n) is 17.5. The van der Waals surface area contributed by atoms with E-state index in [1.54, 1.807) is 17.2 Å². The molecule has 162 valence electrons. The summed E-state index contributed by atoms with van der Waals surface area (Å²) in [6.45, 7) is 1.53. The van der Waals surface area contributed by atoms with Gasteiger partial charge in [0, 0.05) is 24.2 Å². The Balaban J connectivity index is 1.64. The normalized spacial score (nSPS) is 16.3. The number of alkyl halides is 2. The lowest BCUT2D eigenvalue weighted by Crippen LogP contribution is -2.36. The summed E-state index contributed by atoms with van der Waals surface area (Å²) in [5.74, 6) is 0.160. The van der Waals surface area contributed by atoms with Gasteiger partial charge in [0.05, 0.1) is 22.8 Å². The van der Waals surface area contributed by atoms with Crippen LogP contribution in [0.25, 0.3) is 11.0 Å². The predicted octanol–water partition coefficient (Wildman–Crippen LogP) is 5.08. The third kappa shape index (κ3) is 3.54. The van der Waals surface area contributed by atoms with E-state index in [9.17, 15) is 13.6 Å². The van der Waals surface area contributed by atoms with E-state index in [0.717, 1.165) is 30.5 Å². The van der Waals surface area contributed by atoms with Crippen molar-refractivity contribution in [2.24, 2.45) is 0 Å². The molecule has 6 nitrogen and oxygen atoms in total. The lowest BCUT2D eigenvalue weighted by atomic mass is 9.99. The van der Waals surface area contributed by atoms with Gasteiger partial charge in [0.2, 0.25) is 0 Å². The number of hydrogen-bond donors (Lipinski definition) is 0. The van der Waals surface area contributed by atoms with E-state index in [0.29, 0.717) is 41.2 Å². The fraction of sp³-hybridized carbons (Fsp3) is 0.435. The number of carbonyl (C=O) groups is 1. The lowest BCUT2D eigenvalue weighted by Gasteiger charge is -2.31. The first-order chi connectivity index (χ1) is 14.9. The van der Waals surface area contributed by atoms with Gasteiger partial charge in [0.15, 0.2) is 5.65 Å². The van der Waals surface area contributed by atoms with Gasteiger partial charge in [-0.25, -0.2) is 9.67 Å². The number of carbonyl (C=O) groups excluding carboxylic acids is 1. The van der Waals surface area contributed by atoms with Crippen LogP contribution in [-0.4, -0.2) is 33.8 Å². The molecular formula is C23H24F2N4O2. The van der Waals surface area contributed by atoms with Crippen molar-refractivity contribution in [3.8, 4) is 5.75 Å². The Morgan fingerprint density at radius 2 is 2.06 bits per heavy atom. The van der Waals surface area contributed by atoms with Crippen LogP contribution in [0.4, 0.5) is 14.5 Å². The first kappa shape index (κ1) is 19.9. The van der Waals surface area contributed by atoms with Crippen molar-refractivity contribution in [2.75, 3.05) is 11.4 Å². The number of benzene rings is 1. The number of rotatable bonds is 5. The highest BCUT2D eigenvalue weighted by atomic mass is 19.3. The van der Waals surface area contributed by atoms with Crippen LogP contribution in [0.5, 0.6) is 5.75 Å². The van der Waals surface area contributed by atoms with Crippen LogP contribution in [0.3, 0.4) is 0 Å². The SMILES string of the molecule is CC(C)n1ncc2c(C(=O)N3CCCc4cccc(OC(F)F)c43)cc(C3CC3)nc21. The molecule has 0 radical (unpaired) electrons. The standard InChI is InChI=1S/C23H24F2N4O2/c1-13(2)29-21-17(12-26-29)16(11-18(27-21)14-8-9-14)22(30)28-10-4-6-15-5-3-7-19(20(15)28)31-23(24)25/h3,5,7,11-14,23H,4,6,8-10H2,1-2H3. The molecule has 0 spiro atoms. The molecule has 2 aliphatic rings. The monoisotopic (exact) mass is 426 g/mol. The molecule has 1 amide bonds. The number of ether oxygens (including phenoxy) is 1. The summed E-state index contributed by atoms with van der Waals surface area (Å²) in [6, 6.07) is 7.00. The minimum Gasteiger partial charge on any atom is -0.433 e. The number of pyridine rings is 1. The van der Waals surface area contributed by atoms with Gasteiger partial charge in [-0.05, 0) is 57.2 Å². The second kappa shape index (κ2) is 7.59. The van der Waals surface area contributed by atoms with Crippen LogP contribution >= 0.6 is 0 Å². The molecule has 3 heterocycles. The number of hydrogen-bond acceptors (Lipinski definition) is 4. The maximum absolute atomic E-state index is 13.8. The molecule has 3 aromatic rings. The highest BCUT2D eigenvalue weighted by Crippen LogP contribution is 2.42. The van der Waals surface area contributed by atoms with Gasteiger partial charge in [0.25, 0.3) is 5.91 Å². The molecular weight excluding hydrogens is 402 g/mol. The van der Waals surface area contributed by atoms with E-state index < -0.39 is 6.61 Å². The highest BCUT2D eigenvalue weighted by molar-refractivity contribution is 6.14. The molecule has 1 aromatic carbocycles. The van der Waals surface area contributed by atoms with Gasteiger partial charge in [-0.3, -0.25) is 4.79 Å². The molecule has 0 N–H and O–H groups in total. The third-order valence-electron chi connectivity index (χ3n) is 5.94. The van der Waals surface area contributed by atoms with Crippen LogP contribution < -0.4 is 9.64 Å². The minimum absolute atomic E-state index is 0.0335. The number of nitrogens with zero attached hydrogens (tertiary/aromatic N) is 4. The van der Waals surface area contributed by atoms with E-state index >= 15 is 0 Å². The van der Waals surface area contributed by atoms with Gasteiger partial charge >= 0.3 is 6.61 Å². The van der Waals surface area contributed by atoms with Crippen molar-refractivity contribution in [3.05, 3.63) is 47.3 Å². The van der Waals surface area contributed by atoms with Crippen LogP contribution in [-0.2, 0) is 6.42 Å². The molecule has 31 heavy (non-hydrogen) atoms. The molecule has 1 fully saturated rings. The molecule has 1 aliphatic carbocycles. The van der Waals surface area contributed by atoms with Crippen LogP contribution in [0.2, 0.25) is 0 Å². The van der Waals surface area contributed by atoms with Crippen molar-refractivity contribution >= 4 is 22.6 Å². The number of aryl methyl sites for hydroxylation is 1. The smallest absolute Gasteiger partial charge is 0.387 e. The summed E-state index contributed by atoms with van der Waals surface area (Å²) in [4.78, 5) is 20.2. The summed E-state index contributed by atoms with van der Waals surface area (Å²) in [5, 5.41) is 5.15. The summed E-state index contributed by atoms with van der Waals surface area (Å²) < 4.78 is 32.7. The van der Waals surface area contributed by atoms with Gasteiger partial charge in [-0.2, -0.15) is 13.9 Å². The number of fused-ring (bicyclic) bond motifs is 2. The Morgan fingerprint density at radius 1 is 1.26 bits per heavy atom. The Labute approximate surface area is 178 Å². The summed E-state index contributed by atoms with van der Waals surface area (Å²) >= 11 is 0. The number of halogens is 2. The molecule has 0 atom stereocenters. The second-order valence-electron chi connectivity index (χ2n) is 8.49. The largest absolute Gasteiger partial charge is 0.433 e. The third-order valence-corrected chi connectivity index (χ3v) is 5.94. The first-order valence-electron chi connectivity index (χ1n) is 10.7. The molecule has 1 aliphatic heterocycles. The molecule has 0 bridgehead atoms. The first-order valence-corrected chi connectivity index (χ1v) is 10.7. The molecule has 0 unspecified atom stereocenters. The number of aromatic nitrogens is 3. The molecule has 8 heteroatoms. The topological polar surface area (TPSA) is 60.2 Å². The molecule has 1 saturated carbocycles. The quantitative estimate of drug-likeness (QED) is 0.571. The van der Waals surface area contributed by atoms with Gasteiger partial charge in [-0.1, -0.05) is 12.1 Å². The number of amides is 1. The van der Waals surface area contributed by atoms with E-state index in [1.807, 2.05) is 30.7 Å². The zero-order chi connectivity index (χ0) is 21.7. The van der Waals surface area contributed by atoms with Crippen LogP contribution in [0.1, 0.15) is 66.7 Å². The Hall–Kier alpha value is -3.03. The molecule has 2 aromatic heterocycles. The maximum Gasteiger partial charge on any atom is 0.387 e. The van der Waals surface area contributed by atoms with Crippen molar-refractivity contribution in [1.29, 1.82) is 0 Å². The van der Waals surface area contributed by atoms with Gasteiger partial charge in [0.1, 0.15) is 5.75 Å². The zero-order valence-corrected chi connectivity index (χ0v) is 17.5. The summed E-state index contributed by atoms with van der Waals surface area (Å²) in [7, 11) is 0. The maximum atomic E-state index is 13.8. The van der Waals surface area contributed by atoms with Crippen molar-refractivity contribution in [2.45, 2.75) is 58.1 Å². The average Bonchev–Trinajstić information content (AvgIpc) is 3.50. The Morgan fingerprint density at radius 3 is 2.77 bits per heavy atom. The average molecular weight is 426 g/mol. The second-order valence-corrected chi connectivity index (χ2v) is 8.49. The van der Waals surface area contributed by atoms with Gasteiger partial charge in [-0.15, -0.1) is 0 Å². The summed E-state index contributed by atoms with van der Waals surface area (Å²) in [6.07, 6.45) is 5.26. The predicted molar refractivity (Wildman–Crippen MR) is 113 cm³/mol. The van der Waals surface area contributed by atoms with Crippen molar-refractivity contribution in [3.63, 3.8) is 0 Å². The van der Waals surface area contributed by atoms with Crippen molar-refractivity contribution in [1.82, 2.24) is 14.8 Å². The fourth-order valence-corrected chi connectivity index (χ4v) is 4.34. The number of anilines is 1. The highest BCUT2D eigenvalue weighted by Gasteiger charge is 2.32. The van der Waals surface area contributed by atoms with E-state index in [4.69, 9.17) is 9.72 Å². The lowest BCUT2D eigenvalue weighted by molar-refractivity contribution is -0.0495. The van der Waals surface area contributed by atoms with Crippen LogP contribution in [0.15, 0.2) is 30.5 Å².